The van der Waals surface area contributed by atoms with Crippen molar-refractivity contribution in [2.45, 2.75) is 4.84 Å². The number of hydrogen-bond donors (Lipinski definition) is 0. The van der Waals surface area contributed by atoms with E-state index in [1.807, 2.05) is 0 Å². The van der Waals surface area contributed by atoms with Crippen molar-refractivity contribution in [2.24, 2.45) is 0 Å². The molecule has 0 fully saturated rings. The minimum atomic E-state index is -2.57. The third-order valence-corrected chi connectivity index (χ3v) is 1.09. The van der Waals surface area contributed by atoms with Gasteiger partial charge in [-0.2, -0.15) is 8.42 Å². The summed E-state index contributed by atoms with van der Waals surface area (Å²) in [5, 5.41) is -0.701. The second-order valence-electron chi connectivity index (χ2n) is 0.653. The Bertz CT molecular complexity index is 186. The van der Waals surface area contributed by atoms with Gasteiger partial charge in [-0.15, -0.1) is 0 Å². The van der Waals surface area contributed by atoms with Crippen molar-refractivity contribution in [3.05, 3.63) is 0 Å². The first-order valence-corrected chi connectivity index (χ1v) is 3.21. The lowest BCUT2D eigenvalue weighted by Gasteiger charge is -1.76. The summed E-state index contributed by atoms with van der Waals surface area (Å²) in [6.45, 7) is 0. The fourth-order valence-electron chi connectivity index (χ4n) is 0.0727. The fraction of sp³-hybridized carbons (Fsp3) is 0.500. The van der Waals surface area contributed by atoms with Crippen LogP contribution in [0.15, 0.2) is 0 Å². The maximum absolute atomic E-state index is 9.75. The number of halogens is 2. The first-order valence-electron chi connectivity index (χ1n) is 1.76. The molecule has 5 heteroatoms. The summed E-state index contributed by atoms with van der Waals surface area (Å²) < 4.78 is 26.0. The van der Waals surface area contributed by atoms with Crippen molar-refractivity contribution in [1.82, 2.24) is 0 Å². The maximum Gasteiger partial charge on any atom is 0.212 e. The molecule has 0 aliphatic heterocycles. The Balaban J connectivity index is 4.50. The zero-order valence-corrected chi connectivity index (χ0v) is 5.39. The van der Waals surface area contributed by atoms with Gasteiger partial charge >= 0.3 is 0 Å². The first-order chi connectivity index (χ1) is 3.55. The molecular weight excluding hydrogens is 159 g/mol. The fourth-order valence-corrected chi connectivity index (χ4v) is 0.655. The predicted octanol–water partition coefficient (Wildman–Crippen LogP) is 0.471. The van der Waals surface area contributed by atoms with Gasteiger partial charge in [-0.3, -0.25) is 0 Å². The van der Waals surface area contributed by atoms with Crippen LogP contribution in [-0.4, -0.2) is 18.6 Å². The van der Waals surface area contributed by atoms with Crippen LogP contribution in [0.1, 0.15) is 1.37 Å². The molecule has 0 bridgehead atoms. The molecule has 0 aromatic heterocycles. The molecule has 7 heavy (non-hydrogen) atoms. The Labute approximate surface area is 54.0 Å². The van der Waals surface area contributed by atoms with Crippen molar-refractivity contribution in [2.75, 3.05) is 0 Å². The molecule has 0 aromatic rings. The number of hydrogen-bond acceptors (Lipinski definition) is 2. The maximum atomic E-state index is 9.75. The number of alkyl halides is 2. The Kier molecular flexibility index (Phi) is 2.55. The van der Waals surface area contributed by atoms with Crippen LogP contribution in [0.4, 0.5) is 0 Å². The molecule has 0 spiro atoms. The van der Waals surface area contributed by atoms with E-state index in [1.165, 1.54) is 0 Å². The van der Waals surface area contributed by atoms with Gasteiger partial charge in [-0.1, -0.05) is 23.2 Å². The Morgan fingerprint density at radius 1 is 1.71 bits per heavy atom. The highest BCUT2D eigenvalue weighted by Crippen LogP contribution is 1.94. The van der Waals surface area contributed by atoms with Gasteiger partial charge in [0.05, 0.1) is 6.71 Å². The van der Waals surface area contributed by atoms with E-state index >= 15 is 0 Å². The largest absolute Gasteiger partial charge is 0.212 e. The molecule has 0 saturated heterocycles. The zero-order chi connectivity index (χ0) is 6.73. The Morgan fingerprint density at radius 3 is 2.14 bits per heavy atom. The average Bonchev–Trinajstić information content (AvgIpc) is 1.64. The standard InChI is InChI=1S/C2H2Cl2O2S/c3-2(4)1-7(5)6/h1-2H/i1D. The van der Waals surface area contributed by atoms with Crippen molar-refractivity contribution in [3.8, 4) is 0 Å². The topological polar surface area (TPSA) is 34.1 Å². The minimum Gasteiger partial charge on any atom is -0.185 e. The molecule has 0 N–H and O–H groups in total. The quantitative estimate of drug-likeness (QED) is 0.414. The molecular formula is C2H2Cl2O2S. The third kappa shape index (κ3) is 6.27. The summed E-state index contributed by atoms with van der Waals surface area (Å²) in [5.74, 6) is 0. The molecule has 0 saturated carbocycles. The molecule has 42 valence electrons. The van der Waals surface area contributed by atoms with Crippen molar-refractivity contribution in [1.29, 1.82) is 0 Å². The third-order valence-electron chi connectivity index (χ3n) is 0.185. The zero-order valence-electron chi connectivity index (χ0n) is 4.06. The molecule has 0 atom stereocenters. The van der Waals surface area contributed by atoms with Crippen LogP contribution in [0.25, 0.3) is 0 Å². The lowest BCUT2D eigenvalue weighted by Crippen LogP contribution is -1.85. The van der Waals surface area contributed by atoms with Crippen LogP contribution in [0.5, 0.6) is 0 Å². The molecule has 2 nitrogen and oxygen atoms in total. The van der Waals surface area contributed by atoms with Gasteiger partial charge < -0.3 is 0 Å². The van der Waals surface area contributed by atoms with Crippen molar-refractivity contribution >= 4 is 38.8 Å². The monoisotopic (exact) mass is 161 g/mol. The summed E-state index contributed by atoms with van der Waals surface area (Å²) in [6, 6.07) is 0. The summed E-state index contributed by atoms with van der Waals surface area (Å²) in [7, 11) is -2.57. The highest BCUT2D eigenvalue weighted by molar-refractivity contribution is 7.71. The Morgan fingerprint density at radius 2 is 2.14 bits per heavy atom. The molecule has 0 radical (unpaired) electrons. The van der Waals surface area contributed by atoms with E-state index in [9.17, 15) is 8.42 Å². The summed E-state index contributed by atoms with van der Waals surface area (Å²) >= 11 is 9.94. The highest BCUT2D eigenvalue weighted by atomic mass is 35.5. The molecule has 0 heterocycles. The molecule has 0 rings (SSSR count). The van der Waals surface area contributed by atoms with Gasteiger partial charge in [0.15, 0.2) is 0 Å². The van der Waals surface area contributed by atoms with Crippen LogP contribution >= 0.6 is 23.2 Å². The van der Waals surface area contributed by atoms with Gasteiger partial charge in [0, 0.05) is 0 Å². The minimum absolute atomic E-state index is 0.701. The van der Waals surface area contributed by atoms with Gasteiger partial charge in [0.2, 0.25) is 10.3 Å². The summed E-state index contributed by atoms with van der Waals surface area (Å²) in [6.07, 6.45) is 0. The van der Waals surface area contributed by atoms with Gasteiger partial charge in [0.25, 0.3) is 0 Å². The Hall–Kier alpha value is 0.270. The molecule has 0 aromatic carbocycles. The predicted molar refractivity (Wildman–Crippen MR) is 30.5 cm³/mol. The van der Waals surface area contributed by atoms with E-state index in [4.69, 9.17) is 24.6 Å². The summed E-state index contributed by atoms with van der Waals surface area (Å²) in [5.41, 5.74) is 0. The average molecular weight is 162 g/mol. The molecule has 0 aliphatic carbocycles. The first kappa shape index (κ1) is 5.41. The van der Waals surface area contributed by atoms with Crippen LogP contribution in [0.3, 0.4) is 0 Å². The van der Waals surface area contributed by atoms with E-state index in [-0.39, 0.29) is 0 Å². The van der Waals surface area contributed by atoms with Crippen LogP contribution in [0.2, 0.25) is 0 Å². The van der Waals surface area contributed by atoms with E-state index in [1.54, 1.807) is 0 Å². The SMILES string of the molecule is [2H]C(C(Cl)Cl)=S(=O)=O. The lowest BCUT2D eigenvalue weighted by molar-refractivity contribution is 0.627. The van der Waals surface area contributed by atoms with Crippen LogP contribution in [-0.2, 0) is 10.3 Å². The number of rotatable bonds is 1. The van der Waals surface area contributed by atoms with Crippen molar-refractivity contribution < 1.29 is 9.79 Å². The van der Waals surface area contributed by atoms with Crippen molar-refractivity contribution in [3.63, 3.8) is 0 Å². The van der Waals surface area contributed by atoms with Gasteiger partial charge in [-0.05, 0) is 0 Å². The van der Waals surface area contributed by atoms with E-state index in [0.717, 1.165) is 0 Å². The molecule has 0 unspecified atom stereocenters. The summed E-state index contributed by atoms with van der Waals surface area (Å²) in [4.78, 5) is -1.24. The van der Waals surface area contributed by atoms with Gasteiger partial charge in [0.1, 0.15) is 4.84 Å². The normalized spacial score (nSPS) is 11.0. The van der Waals surface area contributed by atoms with E-state index in [2.05, 4.69) is 0 Å². The van der Waals surface area contributed by atoms with E-state index < -0.39 is 20.5 Å². The van der Waals surface area contributed by atoms with Gasteiger partial charge in [-0.25, -0.2) is 0 Å². The molecule has 0 aliphatic rings. The molecule has 0 amide bonds. The smallest absolute Gasteiger partial charge is 0.185 e. The van der Waals surface area contributed by atoms with Crippen LogP contribution < -0.4 is 0 Å². The second kappa shape index (κ2) is 3.29. The van der Waals surface area contributed by atoms with E-state index in [0.29, 0.717) is 0 Å². The lowest BCUT2D eigenvalue weighted by atomic mass is 11.0. The van der Waals surface area contributed by atoms with Crippen LogP contribution in [0, 0.1) is 0 Å². The second-order valence-corrected chi connectivity index (χ2v) is 2.45. The highest BCUT2D eigenvalue weighted by Gasteiger charge is 1.88.